The van der Waals surface area contributed by atoms with E-state index in [0.29, 0.717) is 16.8 Å². The lowest BCUT2D eigenvalue weighted by Gasteiger charge is -2.15. The Hall–Kier alpha value is -3.43. The molecule has 0 aliphatic carbocycles. The summed E-state index contributed by atoms with van der Waals surface area (Å²) in [7, 11) is 0. The third-order valence-corrected chi connectivity index (χ3v) is 4.49. The minimum atomic E-state index is -4.42. The molecule has 1 aromatic carbocycles. The van der Waals surface area contributed by atoms with Crippen molar-refractivity contribution >= 4 is 17.5 Å². The molecule has 7 nitrogen and oxygen atoms in total. The van der Waals surface area contributed by atoms with Gasteiger partial charge in [-0.25, -0.2) is 9.50 Å². The van der Waals surface area contributed by atoms with Crippen molar-refractivity contribution in [3.63, 3.8) is 0 Å². The molecule has 29 heavy (non-hydrogen) atoms. The Labute approximate surface area is 163 Å². The number of nitrogens with two attached hydrogens (primary N) is 1. The van der Waals surface area contributed by atoms with E-state index >= 15 is 0 Å². The van der Waals surface area contributed by atoms with Crippen molar-refractivity contribution in [2.45, 2.75) is 25.4 Å². The van der Waals surface area contributed by atoms with Gasteiger partial charge in [0.05, 0.1) is 11.8 Å². The van der Waals surface area contributed by atoms with Crippen molar-refractivity contribution in [1.29, 1.82) is 0 Å². The Kier molecular flexibility index (Phi) is 5.53. The molecule has 0 radical (unpaired) electrons. The van der Waals surface area contributed by atoms with Crippen LogP contribution in [-0.2, 0) is 11.0 Å². The summed E-state index contributed by atoms with van der Waals surface area (Å²) in [5, 5.41) is 6.65. The molecule has 0 saturated carbocycles. The van der Waals surface area contributed by atoms with Crippen LogP contribution in [-0.4, -0.2) is 33.0 Å². The number of aromatic nitrogens is 3. The number of halogens is 3. The van der Waals surface area contributed by atoms with E-state index in [0.717, 1.165) is 12.1 Å². The first kappa shape index (κ1) is 20.3. The van der Waals surface area contributed by atoms with Crippen LogP contribution in [0.4, 0.5) is 13.2 Å². The zero-order valence-corrected chi connectivity index (χ0v) is 15.4. The Morgan fingerprint density at radius 3 is 2.69 bits per heavy atom. The molecule has 0 spiro atoms. The van der Waals surface area contributed by atoms with Gasteiger partial charge in [-0.3, -0.25) is 9.59 Å². The smallest absolute Gasteiger partial charge is 0.370 e. The van der Waals surface area contributed by atoms with E-state index in [-0.39, 0.29) is 24.4 Å². The van der Waals surface area contributed by atoms with Gasteiger partial charge in [-0.2, -0.15) is 18.3 Å². The summed E-state index contributed by atoms with van der Waals surface area (Å²) < 4.78 is 40.3. The number of carbonyl (C=O) groups is 2. The van der Waals surface area contributed by atoms with Crippen LogP contribution in [0, 0.1) is 0 Å². The number of primary amides is 1. The SMILES string of the molecule is CC(c1cccc(C(F)(F)F)c1)c1cnc2c(C(=O)NCCC(N)=O)cnn2c1. The summed E-state index contributed by atoms with van der Waals surface area (Å²) in [6.45, 7) is 1.86. The molecule has 0 aliphatic heterocycles. The molecule has 3 N–H and O–H groups in total. The molecule has 1 unspecified atom stereocenters. The van der Waals surface area contributed by atoms with Gasteiger partial charge in [0.25, 0.3) is 5.91 Å². The molecule has 0 fully saturated rings. The Morgan fingerprint density at radius 1 is 1.24 bits per heavy atom. The third-order valence-electron chi connectivity index (χ3n) is 4.49. The summed E-state index contributed by atoms with van der Waals surface area (Å²) in [4.78, 5) is 27.2. The topological polar surface area (TPSA) is 102 Å². The highest BCUT2D eigenvalue weighted by molar-refractivity contribution is 5.99. The van der Waals surface area contributed by atoms with Crippen molar-refractivity contribution in [1.82, 2.24) is 19.9 Å². The lowest BCUT2D eigenvalue weighted by atomic mass is 9.94. The Balaban J connectivity index is 1.84. The van der Waals surface area contributed by atoms with E-state index in [1.54, 1.807) is 19.2 Å². The number of nitrogens with one attached hydrogen (secondary N) is 1. The summed E-state index contributed by atoms with van der Waals surface area (Å²) in [5.74, 6) is -1.35. The van der Waals surface area contributed by atoms with Gasteiger partial charge in [0, 0.05) is 31.3 Å². The average molecular weight is 405 g/mol. The molecular formula is C19H18F3N5O2. The summed E-state index contributed by atoms with van der Waals surface area (Å²) in [6, 6.07) is 5.11. The maximum Gasteiger partial charge on any atom is 0.416 e. The molecule has 1 atom stereocenters. The van der Waals surface area contributed by atoms with Gasteiger partial charge in [0.2, 0.25) is 5.91 Å². The number of benzene rings is 1. The summed E-state index contributed by atoms with van der Waals surface area (Å²) >= 11 is 0. The fourth-order valence-corrected chi connectivity index (χ4v) is 2.84. The quantitative estimate of drug-likeness (QED) is 0.658. The molecule has 0 aliphatic rings. The first-order valence-corrected chi connectivity index (χ1v) is 8.73. The fourth-order valence-electron chi connectivity index (χ4n) is 2.84. The van der Waals surface area contributed by atoms with Gasteiger partial charge >= 0.3 is 6.18 Å². The third kappa shape index (κ3) is 4.53. The normalized spacial score (nSPS) is 12.7. The van der Waals surface area contributed by atoms with Gasteiger partial charge in [-0.15, -0.1) is 0 Å². The number of carbonyl (C=O) groups excluding carboxylic acids is 2. The molecule has 2 aromatic heterocycles. The van der Waals surface area contributed by atoms with Crippen LogP contribution in [0.5, 0.6) is 0 Å². The first-order chi connectivity index (χ1) is 13.7. The van der Waals surface area contributed by atoms with Crippen LogP contribution < -0.4 is 11.1 Å². The number of nitrogens with zero attached hydrogens (tertiary/aromatic N) is 3. The highest BCUT2D eigenvalue weighted by Crippen LogP contribution is 2.32. The van der Waals surface area contributed by atoms with E-state index in [2.05, 4.69) is 15.4 Å². The lowest BCUT2D eigenvalue weighted by molar-refractivity contribution is -0.137. The van der Waals surface area contributed by atoms with Crippen LogP contribution >= 0.6 is 0 Å². The van der Waals surface area contributed by atoms with Gasteiger partial charge in [-0.05, 0) is 17.2 Å². The van der Waals surface area contributed by atoms with Crippen molar-refractivity contribution < 1.29 is 22.8 Å². The maximum absolute atomic E-state index is 13.0. The van der Waals surface area contributed by atoms with E-state index in [4.69, 9.17) is 5.73 Å². The van der Waals surface area contributed by atoms with Crippen molar-refractivity contribution in [3.05, 3.63) is 65.1 Å². The molecular weight excluding hydrogens is 387 g/mol. The molecule has 152 valence electrons. The Morgan fingerprint density at radius 2 is 2.00 bits per heavy atom. The summed E-state index contributed by atoms with van der Waals surface area (Å²) in [5.41, 5.74) is 5.95. The van der Waals surface area contributed by atoms with Crippen molar-refractivity contribution in [3.8, 4) is 0 Å². The number of alkyl halides is 3. The molecule has 3 rings (SSSR count). The van der Waals surface area contributed by atoms with E-state index in [9.17, 15) is 22.8 Å². The Bertz CT molecular complexity index is 1060. The molecule has 0 saturated heterocycles. The van der Waals surface area contributed by atoms with Crippen LogP contribution in [0.3, 0.4) is 0 Å². The first-order valence-electron chi connectivity index (χ1n) is 8.73. The maximum atomic E-state index is 13.0. The minimum Gasteiger partial charge on any atom is -0.370 e. The molecule has 2 heterocycles. The number of amides is 2. The number of hydrogen-bond acceptors (Lipinski definition) is 4. The highest BCUT2D eigenvalue weighted by Gasteiger charge is 2.30. The van der Waals surface area contributed by atoms with Crippen molar-refractivity contribution in [2.75, 3.05) is 6.54 Å². The zero-order chi connectivity index (χ0) is 21.2. The predicted octanol–water partition coefficient (Wildman–Crippen LogP) is 2.51. The van der Waals surface area contributed by atoms with E-state index in [1.165, 1.54) is 23.0 Å². The van der Waals surface area contributed by atoms with Gasteiger partial charge in [0.15, 0.2) is 5.65 Å². The van der Waals surface area contributed by atoms with E-state index < -0.39 is 23.6 Å². The second-order valence-electron chi connectivity index (χ2n) is 6.53. The molecule has 2 amide bonds. The van der Waals surface area contributed by atoms with Gasteiger partial charge in [-0.1, -0.05) is 25.1 Å². The van der Waals surface area contributed by atoms with Crippen LogP contribution in [0.2, 0.25) is 0 Å². The van der Waals surface area contributed by atoms with Gasteiger partial charge < -0.3 is 11.1 Å². The second-order valence-corrected chi connectivity index (χ2v) is 6.53. The monoisotopic (exact) mass is 405 g/mol. The zero-order valence-electron chi connectivity index (χ0n) is 15.4. The lowest BCUT2D eigenvalue weighted by Crippen LogP contribution is -2.27. The molecule has 0 bridgehead atoms. The van der Waals surface area contributed by atoms with Crippen LogP contribution in [0.25, 0.3) is 5.65 Å². The van der Waals surface area contributed by atoms with Crippen molar-refractivity contribution in [2.24, 2.45) is 5.73 Å². The fraction of sp³-hybridized carbons (Fsp3) is 0.263. The number of rotatable bonds is 6. The second kappa shape index (κ2) is 7.90. The largest absolute Gasteiger partial charge is 0.416 e. The number of fused-ring (bicyclic) bond motifs is 1. The molecule has 3 aromatic rings. The predicted molar refractivity (Wildman–Crippen MR) is 98.1 cm³/mol. The molecule has 10 heteroatoms. The van der Waals surface area contributed by atoms with Crippen LogP contribution in [0.15, 0.2) is 42.9 Å². The minimum absolute atomic E-state index is 0.0109. The number of hydrogen-bond donors (Lipinski definition) is 2. The van der Waals surface area contributed by atoms with Crippen LogP contribution in [0.1, 0.15) is 46.3 Å². The summed E-state index contributed by atoms with van der Waals surface area (Å²) in [6.07, 6.45) is 0.0456. The van der Waals surface area contributed by atoms with Gasteiger partial charge in [0.1, 0.15) is 5.56 Å². The van der Waals surface area contributed by atoms with E-state index in [1.807, 2.05) is 0 Å². The average Bonchev–Trinajstić information content (AvgIpc) is 3.09. The highest BCUT2D eigenvalue weighted by atomic mass is 19.4. The standard InChI is InChI=1S/C19H18F3N5O2/c1-11(12-3-2-4-14(7-12)19(20,21)22)13-8-25-17-15(9-26-27(17)10-13)18(29)24-6-5-16(23)28/h2-4,7-11H,5-6H2,1H3,(H2,23,28)(H,24,29).